The average Bonchev–Trinajstić information content (AvgIpc) is 2.26. The second-order valence-corrected chi connectivity index (χ2v) is 4.78. The zero-order valence-corrected chi connectivity index (χ0v) is 11.1. The molecule has 0 saturated carbocycles. The molecule has 4 nitrogen and oxygen atoms in total. The fourth-order valence-electron chi connectivity index (χ4n) is 2.32. The van der Waals surface area contributed by atoms with Gasteiger partial charge < -0.3 is 9.64 Å². The van der Waals surface area contributed by atoms with E-state index < -0.39 is 0 Å². The quantitative estimate of drug-likeness (QED) is 0.785. The Bertz CT molecular complexity index is 384. The van der Waals surface area contributed by atoms with E-state index in [4.69, 9.17) is 4.74 Å². The van der Waals surface area contributed by atoms with E-state index in [0.717, 1.165) is 36.8 Å². The molecule has 1 aromatic heterocycles. The van der Waals surface area contributed by atoms with Crippen LogP contribution < -0.4 is 4.90 Å². The monoisotopic (exact) mass is 235 g/mol. The van der Waals surface area contributed by atoms with E-state index in [0.29, 0.717) is 0 Å². The van der Waals surface area contributed by atoms with Gasteiger partial charge in [-0.15, -0.1) is 0 Å². The third-order valence-electron chi connectivity index (χ3n) is 2.98. The van der Waals surface area contributed by atoms with Gasteiger partial charge in [-0.05, 0) is 27.2 Å². The fraction of sp³-hybridized carbons (Fsp3) is 0.692. The molecule has 0 aromatic carbocycles. The van der Waals surface area contributed by atoms with Crippen molar-refractivity contribution in [1.29, 1.82) is 0 Å². The summed E-state index contributed by atoms with van der Waals surface area (Å²) in [6.07, 6.45) is 1.48. The Kier molecular flexibility index (Phi) is 3.62. The summed E-state index contributed by atoms with van der Waals surface area (Å²) in [5, 5.41) is 0. The van der Waals surface area contributed by atoms with Gasteiger partial charge in [-0.1, -0.05) is 6.92 Å². The molecule has 94 valence electrons. The number of hydrogen-bond donors (Lipinski definition) is 0. The minimum atomic E-state index is 0.263. The third kappa shape index (κ3) is 2.94. The van der Waals surface area contributed by atoms with Crippen molar-refractivity contribution in [3.05, 3.63) is 17.6 Å². The number of ether oxygens (including phenoxy) is 1. The molecular formula is C13H21N3O. The molecule has 0 radical (unpaired) electrons. The minimum absolute atomic E-state index is 0.263. The molecule has 0 bridgehead atoms. The lowest BCUT2D eigenvalue weighted by Gasteiger charge is -2.36. The maximum atomic E-state index is 5.74. The van der Waals surface area contributed by atoms with Crippen molar-refractivity contribution >= 4 is 5.82 Å². The molecule has 0 unspecified atom stereocenters. The number of aromatic nitrogens is 2. The average molecular weight is 235 g/mol. The molecule has 17 heavy (non-hydrogen) atoms. The molecule has 1 aliphatic heterocycles. The lowest BCUT2D eigenvalue weighted by Crippen LogP contribution is -2.46. The van der Waals surface area contributed by atoms with Gasteiger partial charge in [0.1, 0.15) is 11.6 Å². The molecule has 2 rings (SSSR count). The summed E-state index contributed by atoms with van der Waals surface area (Å²) in [7, 11) is 0. The van der Waals surface area contributed by atoms with Crippen LogP contribution in [0.1, 0.15) is 32.3 Å². The predicted molar refractivity (Wildman–Crippen MR) is 68.4 cm³/mol. The van der Waals surface area contributed by atoms with Crippen molar-refractivity contribution in [1.82, 2.24) is 9.97 Å². The van der Waals surface area contributed by atoms with E-state index in [1.54, 1.807) is 0 Å². The first-order valence-corrected chi connectivity index (χ1v) is 6.33. The van der Waals surface area contributed by atoms with Gasteiger partial charge in [-0.25, -0.2) is 9.97 Å². The van der Waals surface area contributed by atoms with E-state index in [9.17, 15) is 0 Å². The first kappa shape index (κ1) is 12.3. The van der Waals surface area contributed by atoms with Crippen LogP contribution in [0, 0.1) is 6.92 Å². The summed E-state index contributed by atoms with van der Waals surface area (Å²) in [6.45, 7) is 10.1. The van der Waals surface area contributed by atoms with E-state index in [2.05, 4.69) is 41.7 Å². The zero-order valence-electron chi connectivity index (χ0n) is 11.1. The van der Waals surface area contributed by atoms with Gasteiger partial charge in [0.05, 0.1) is 12.2 Å². The van der Waals surface area contributed by atoms with Gasteiger partial charge >= 0.3 is 0 Å². The number of anilines is 1. The second-order valence-electron chi connectivity index (χ2n) is 4.78. The van der Waals surface area contributed by atoms with Crippen LogP contribution in [0.4, 0.5) is 5.82 Å². The highest BCUT2D eigenvalue weighted by Gasteiger charge is 2.23. The van der Waals surface area contributed by atoms with Crippen LogP contribution in [0.5, 0.6) is 0 Å². The Morgan fingerprint density at radius 3 is 2.53 bits per heavy atom. The van der Waals surface area contributed by atoms with Crippen LogP contribution in [0.2, 0.25) is 0 Å². The van der Waals surface area contributed by atoms with Crippen LogP contribution in [-0.4, -0.2) is 35.3 Å². The van der Waals surface area contributed by atoms with Gasteiger partial charge in [-0.2, -0.15) is 0 Å². The van der Waals surface area contributed by atoms with Gasteiger partial charge in [0, 0.05) is 24.8 Å². The SMILES string of the molecule is CCc1cc(N2C[C@@H](C)O[C@@H](C)C2)nc(C)n1. The van der Waals surface area contributed by atoms with Crippen molar-refractivity contribution in [2.75, 3.05) is 18.0 Å². The van der Waals surface area contributed by atoms with Gasteiger partial charge in [0.15, 0.2) is 0 Å². The highest BCUT2D eigenvalue weighted by molar-refractivity contribution is 5.40. The van der Waals surface area contributed by atoms with E-state index in [1.165, 1.54) is 0 Å². The highest BCUT2D eigenvalue weighted by Crippen LogP contribution is 2.19. The fourth-order valence-corrected chi connectivity index (χ4v) is 2.32. The first-order chi connectivity index (χ1) is 8.08. The maximum Gasteiger partial charge on any atom is 0.132 e. The zero-order chi connectivity index (χ0) is 12.4. The molecule has 0 amide bonds. The summed E-state index contributed by atoms with van der Waals surface area (Å²) < 4.78 is 5.74. The van der Waals surface area contributed by atoms with Crippen LogP contribution in [-0.2, 0) is 11.2 Å². The Balaban J connectivity index is 2.23. The van der Waals surface area contributed by atoms with Crippen LogP contribution >= 0.6 is 0 Å². The molecule has 0 spiro atoms. The third-order valence-corrected chi connectivity index (χ3v) is 2.98. The summed E-state index contributed by atoms with van der Waals surface area (Å²) in [5.74, 6) is 1.89. The Morgan fingerprint density at radius 1 is 1.29 bits per heavy atom. The standard InChI is InChI=1S/C13H21N3O/c1-5-12-6-13(15-11(4)14-12)16-7-9(2)17-10(3)8-16/h6,9-10H,5,7-8H2,1-4H3/t9-,10+. The normalized spacial score (nSPS) is 25.1. The first-order valence-electron chi connectivity index (χ1n) is 6.33. The van der Waals surface area contributed by atoms with Gasteiger partial charge in [0.2, 0.25) is 0 Å². The van der Waals surface area contributed by atoms with Crippen LogP contribution in [0.25, 0.3) is 0 Å². The maximum absolute atomic E-state index is 5.74. The number of rotatable bonds is 2. The molecule has 1 aromatic rings. The van der Waals surface area contributed by atoms with Crippen molar-refractivity contribution in [3.63, 3.8) is 0 Å². The lowest BCUT2D eigenvalue weighted by molar-refractivity contribution is -0.00548. The number of hydrogen-bond acceptors (Lipinski definition) is 4. The van der Waals surface area contributed by atoms with Crippen molar-refractivity contribution in [2.45, 2.75) is 46.3 Å². The van der Waals surface area contributed by atoms with Crippen LogP contribution in [0.3, 0.4) is 0 Å². The molecular weight excluding hydrogens is 214 g/mol. The highest BCUT2D eigenvalue weighted by atomic mass is 16.5. The number of nitrogens with zero attached hydrogens (tertiary/aromatic N) is 3. The molecule has 4 heteroatoms. The van der Waals surface area contributed by atoms with E-state index in [-0.39, 0.29) is 12.2 Å². The molecule has 1 saturated heterocycles. The van der Waals surface area contributed by atoms with E-state index >= 15 is 0 Å². The van der Waals surface area contributed by atoms with E-state index in [1.807, 2.05) is 6.92 Å². The molecule has 2 heterocycles. The molecule has 2 atom stereocenters. The molecule has 1 aliphatic rings. The van der Waals surface area contributed by atoms with Crippen molar-refractivity contribution in [2.24, 2.45) is 0 Å². The molecule has 1 fully saturated rings. The summed E-state index contributed by atoms with van der Waals surface area (Å²) >= 11 is 0. The number of morpholine rings is 1. The number of aryl methyl sites for hydroxylation is 2. The Hall–Kier alpha value is -1.16. The topological polar surface area (TPSA) is 38.2 Å². The largest absolute Gasteiger partial charge is 0.372 e. The second kappa shape index (κ2) is 5.00. The van der Waals surface area contributed by atoms with Crippen molar-refractivity contribution < 1.29 is 4.74 Å². The Labute approximate surface area is 103 Å². The smallest absolute Gasteiger partial charge is 0.132 e. The van der Waals surface area contributed by atoms with Crippen LogP contribution in [0.15, 0.2) is 6.07 Å². The summed E-state index contributed by atoms with van der Waals surface area (Å²) in [5.41, 5.74) is 1.11. The van der Waals surface area contributed by atoms with Gasteiger partial charge in [0.25, 0.3) is 0 Å². The predicted octanol–water partition coefficient (Wildman–Crippen LogP) is 1.96. The van der Waals surface area contributed by atoms with Gasteiger partial charge in [-0.3, -0.25) is 0 Å². The minimum Gasteiger partial charge on any atom is -0.372 e. The summed E-state index contributed by atoms with van der Waals surface area (Å²) in [4.78, 5) is 11.2. The lowest BCUT2D eigenvalue weighted by atomic mass is 10.2. The van der Waals surface area contributed by atoms with Crippen molar-refractivity contribution in [3.8, 4) is 0 Å². The summed E-state index contributed by atoms with van der Waals surface area (Å²) in [6, 6.07) is 2.09. The molecule has 0 N–H and O–H groups in total. The molecule has 0 aliphatic carbocycles. The Morgan fingerprint density at radius 2 is 1.94 bits per heavy atom.